The lowest BCUT2D eigenvalue weighted by Crippen LogP contribution is -2.13. The number of amides is 1. The van der Waals surface area contributed by atoms with Gasteiger partial charge in [0, 0.05) is 29.4 Å². The highest BCUT2D eigenvalue weighted by Gasteiger charge is 2.25. The van der Waals surface area contributed by atoms with Crippen molar-refractivity contribution in [3.63, 3.8) is 0 Å². The van der Waals surface area contributed by atoms with Crippen LogP contribution in [0.15, 0.2) is 60.8 Å². The molecule has 1 aliphatic rings. The molecule has 3 aromatic rings. The van der Waals surface area contributed by atoms with E-state index in [1.54, 1.807) is 31.5 Å². The van der Waals surface area contributed by atoms with Gasteiger partial charge in [0.25, 0.3) is 5.91 Å². The van der Waals surface area contributed by atoms with Gasteiger partial charge in [0.2, 0.25) is 5.88 Å². The first-order valence-corrected chi connectivity index (χ1v) is 8.92. The summed E-state index contributed by atoms with van der Waals surface area (Å²) < 4.78 is 16.4. The number of carbonyl (C=O) groups excluding carboxylic acids is 1. The van der Waals surface area contributed by atoms with E-state index in [0.717, 1.165) is 17.5 Å². The molecule has 142 valence electrons. The predicted octanol–water partition coefficient (Wildman–Crippen LogP) is 4.03. The summed E-state index contributed by atoms with van der Waals surface area (Å²) in [5, 5.41) is 2.93. The lowest BCUT2D eigenvalue weighted by molar-refractivity contribution is 0.102. The maximum Gasteiger partial charge on any atom is 0.255 e. The van der Waals surface area contributed by atoms with E-state index in [2.05, 4.69) is 10.3 Å². The number of rotatable bonds is 5. The van der Waals surface area contributed by atoms with Crippen LogP contribution in [0.25, 0.3) is 0 Å². The van der Waals surface area contributed by atoms with E-state index in [-0.39, 0.29) is 12.0 Å². The number of pyridine rings is 1. The van der Waals surface area contributed by atoms with Crippen LogP contribution in [0.3, 0.4) is 0 Å². The molecule has 1 atom stereocenters. The maximum absolute atomic E-state index is 12.6. The highest BCUT2D eigenvalue weighted by molar-refractivity contribution is 6.04. The molecular weight excluding hydrogens is 356 g/mol. The number of aromatic nitrogens is 1. The number of fused-ring (bicyclic) bond motifs is 1. The molecule has 2 heterocycles. The van der Waals surface area contributed by atoms with Crippen LogP contribution in [0.4, 0.5) is 5.69 Å². The summed E-state index contributed by atoms with van der Waals surface area (Å²) in [6.45, 7) is 0. The normalized spacial score (nSPS) is 14.7. The van der Waals surface area contributed by atoms with Gasteiger partial charge in [0.05, 0.1) is 14.2 Å². The Labute approximate surface area is 163 Å². The van der Waals surface area contributed by atoms with Crippen molar-refractivity contribution in [3.05, 3.63) is 77.5 Å². The van der Waals surface area contributed by atoms with Gasteiger partial charge in [0.1, 0.15) is 6.10 Å². The molecule has 0 radical (unpaired) electrons. The number of hydrogen-bond acceptors (Lipinski definition) is 5. The van der Waals surface area contributed by atoms with Gasteiger partial charge >= 0.3 is 0 Å². The molecule has 1 amide bonds. The molecule has 1 aliphatic heterocycles. The minimum atomic E-state index is -0.226. The van der Waals surface area contributed by atoms with Gasteiger partial charge < -0.3 is 19.5 Å². The van der Waals surface area contributed by atoms with E-state index in [4.69, 9.17) is 14.2 Å². The summed E-state index contributed by atoms with van der Waals surface area (Å²) in [5.74, 6) is 1.53. The van der Waals surface area contributed by atoms with Crippen molar-refractivity contribution < 1.29 is 19.0 Å². The average molecular weight is 376 g/mol. The molecule has 0 aliphatic carbocycles. The second-order valence-electron chi connectivity index (χ2n) is 6.43. The van der Waals surface area contributed by atoms with Crippen molar-refractivity contribution in [1.82, 2.24) is 4.98 Å². The van der Waals surface area contributed by atoms with E-state index < -0.39 is 0 Å². The fourth-order valence-electron chi connectivity index (χ4n) is 3.25. The van der Waals surface area contributed by atoms with Crippen molar-refractivity contribution in [2.24, 2.45) is 0 Å². The molecule has 1 unspecified atom stereocenters. The van der Waals surface area contributed by atoms with Gasteiger partial charge in [0.15, 0.2) is 11.5 Å². The Morgan fingerprint density at radius 3 is 2.71 bits per heavy atom. The van der Waals surface area contributed by atoms with Crippen LogP contribution in [0.5, 0.6) is 17.4 Å². The van der Waals surface area contributed by atoms with Gasteiger partial charge in [-0.25, -0.2) is 4.98 Å². The van der Waals surface area contributed by atoms with Gasteiger partial charge in [-0.15, -0.1) is 0 Å². The SMILES string of the molecule is COc1ccc(C(=O)Nc2cccc(C3Cc4cccnc4O3)c2)cc1OC. The van der Waals surface area contributed by atoms with E-state index >= 15 is 0 Å². The molecule has 0 bridgehead atoms. The van der Waals surface area contributed by atoms with E-state index in [0.29, 0.717) is 28.6 Å². The van der Waals surface area contributed by atoms with Crippen LogP contribution >= 0.6 is 0 Å². The Morgan fingerprint density at radius 2 is 1.93 bits per heavy atom. The molecule has 28 heavy (non-hydrogen) atoms. The van der Waals surface area contributed by atoms with Gasteiger partial charge in [-0.05, 0) is 42.0 Å². The number of nitrogens with one attached hydrogen (secondary N) is 1. The summed E-state index contributed by atoms with van der Waals surface area (Å²) in [4.78, 5) is 16.9. The first-order chi connectivity index (χ1) is 13.7. The quantitative estimate of drug-likeness (QED) is 0.728. The van der Waals surface area contributed by atoms with E-state index in [1.807, 2.05) is 36.4 Å². The largest absolute Gasteiger partial charge is 0.493 e. The monoisotopic (exact) mass is 376 g/mol. The van der Waals surface area contributed by atoms with Crippen molar-refractivity contribution in [2.45, 2.75) is 12.5 Å². The van der Waals surface area contributed by atoms with Crippen LogP contribution in [0, 0.1) is 0 Å². The van der Waals surface area contributed by atoms with Crippen molar-refractivity contribution in [3.8, 4) is 17.4 Å². The smallest absolute Gasteiger partial charge is 0.255 e. The minimum Gasteiger partial charge on any atom is -0.493 e. The van der Waals surface area contributed by atoms with Gasteiger partial charge in [-0.1, -0.05) is 18.2 Å². The molecule has 0 saturated heterocycles. The maximum atomic E-state index is 12.6. The Hall–Kier alpha value is -3.54. The molecule has 6 nitrogen and oxygen atoms in total. The highest BCUT2D eigenvalue weighted by atomic mass is 16.5. The van der Waals surface area contributed by atoms with Crippen LogP contribution in [0.1, 0.15) is 27.6 Å². The van der Waals surface area contributed by atoms with Gasteiger partial charge in [-0.2, -0.15) is 0 Å². The van der Waals surface area contributed by atoms with Crippen LogP contribution in [-0.2, 0) is 6.42 Å². The number of methoxy groups -OCH3 is 2. The Morgan fingerprint density at radius 1 is 1.07 bits per heavy atom. The molecule has 0 saturated carbocycles. The minimum absolute atomic E-state index is 0.108. The summed E-state index contributed by atoms with van der Waals surface area (Å²) >= 11 is 0. The average Bonchev–Trinajstić information content (AvgIpc) is 3.17. The molecule has 2 aromatic carbocycles. The molecule has 1 N–H and O–H groups in total. The molecule has 0 fully saturated rings. The third-order valence-corrected chi connectivity index (χ3v) is 4.67. The number of benzene rings is 2. The zero-order valence-corrected chi connectivity index (χ0v) is 15.6. The van der Waals surface area contributed by atoms with Crippen molar-refractivity contribution in [1.29, 1.82) is 0 Å². The van der Waals surface area contributed by atoms with E-state index in [1.165, 1.54) is 7.11 Å². The second kappa shape index (κ2) is 7.60. The van der Waals surface area contributed by atoms with Crippen LogP contribution in [0.2, 0.25) is 0 Å². The van der Waals surface area contributed by atoms with Crippen LogP contribution in [-0.4, -0.2) is 25.1 Å². The zero-order chi connectivity index (χ0) is 19.5. The fraction of sp³-hybridized carbons (Fsp3) is 0.182. The third kappa shape index (κ3) is 3.49. The predicted molar refractivity (Wildman–Crippen MR) is 105 cm³/mol. The lowest BCUT2D eigenvalue weighted by Gasteiger charge is -2.13. The first kappa shape index (κ1) is 17.9. The van der Waals surface area contributed by atoms with Gasteiger partial charge in [-0.3, -0.25) is 4.79 Å². The molecular formula is C22H20N2O4. The first-order valence-electron chi connectivity index (χ1n) is 8.92. The van der Waals surface area contributed by atoms with E-state index in [9.17, 15) is 4.79 Å². The highest BCUT2D eigenvalue weighted by Crippen LogP contribution is 2.35. The fourth-order valence-corrected chi connectivity index (χ4v) is 3.25. The number of anilines is 1. The number of ether oxygens (including phenoxy) is 3. The van der Waals surface area contributed by atoms with Crippen molar-refractivity contribution in [2.75, 3.05) is 19.5 Å². The number of nitrogens with zero attached hydrogens (tertiary/aromatic N) is 1. The number of hydrogen-bond donors (Lipinski definition) is 1. The summed E-state index contributed by atoms with van der Waals surface area (Å²) in [5.41, 5.74) is 3.26. The summed E-state index contributed by atoms with van der Waals surface area (Å²) in [6.07, 6.45) is 2.37. The molecule has 0 spiro atoms. The topological polar surface area (TPSA) is 69.7 Å². The summed E-state index contributed by atoms with van der Waals surface area (Å²) in [7, 11) is 3.10. The molecule has 4 rings (SSSR count). The summed E-state index contributed by atoms with van der Waals surface area (Å²) in [6, 6.07) is 16.7. The Kier molecular flexibility index (Phi) is 4.85. The number of carbonyl (C=O) groups is 1. The standard InChI is InChI=1S/C22H20N2O4/c1-26-18-9-8-15(12-20(18)27-2)21(25)24-17-7-3-5-14(11-17)19-13-16-6-4-10-23-22(16)28-19/h3-12,19H,13H2,1-2H3,(H,24,25). The molecule has 1 aromatic heterocycles. The molecule has 6 heteroatoms. The van der Waals surface area contributed by atoms with Crippen LogP contribution < -0.4 is 19.5 Å². The Bertz CT molecular complexity index is 994. The second-order valence-corrected chi connectivity index (χ2v) is 6.43. The third-order valence-electron chi connectivity index (χ3n) is 4.67. The lowest BCUT2D eigenvalue weighted by atomic mass is 10.0. The Balaban J connectivity index is 1.50. The van der Waals surface area contributed by atoms with Crippen molar-refractivity contribution >= 4 is 11.6 Å². The zero-order valence-electron chi connectivity index (χ0n) is 15.6.